The molecular formula is C35H65NO10. The van der Waals surface area contributed by atoms with E-state index in [0.29, 0.717) is 25.9 Å². The van der Waals surface area contributed by atoms with Gasteiger partial charge in [-0.3, -0.25) is 9.59 Å². The van der Waals surface area contributed by atoms with Crippen LogP contribution in [0.4, 0.5) is 0 Å². The second-order valence-electron chi connectivity index (χ2n) is 13.8. The van der Waals surface area contributed by atoms with E-state index in [2.05, 4.69) is 17.9 Å². The number of aliphatic hydroxyl groups excluding tert-OH is 1. The van der Waals surface area contributed by atoms with E-state index in [9.17, 15) is 14.7 Å². The van der Waals surface area contributed by atoms with Crippen molar-refractivity contribution in [2.75, 3.05) is 49.1 Å². The molecule has 2 rings (SSSR count). The van der Waals surface area contributed by atoms with Gasteiger partial charge in [0, 0.05) is 52.9 Å². The van der Waals surface area contributed by atoms with Crippen molar-refractivity contribution in [1.29, 1.82) is 0 Å². The summed E-state index contributed by atoms with van der Waals surface area (Å²) >= 11 is 0. The molecule has 0 aromatic rings. The van der Waals surface area contributed by atoms with Gasteiger partial charge in [-0.2, -0.15) is 0 Å². The molecule has 0 aromatic heterocycles. The summed E-state index contributed by atoms with van der Waals surface area (Å²) in [7, 11) is 9.89. The van der Waals surface area contributed by atoms with Gasteiger partial charge in [-0.25, -0.2) is 0 Å². The van der Waals surface area contributed by atoms with Crippen molar-refractivity contribution in [2.45, 2.75) is 129 Å². The standard InChI is InChI=1S/C34H61NO9.CH4O/c1-14-27-34(8,38)25(15-16-39-11)21(3)17-20(2)19-33(7,41-13)30(23(5)28(36)24(6)31(37)43-27)44-32-29(40-12)26(35(9)10)18-22(4)42-32;1-2/h17,20,22-27,29-30,32,38H,14-16,18-19H2,1-13H3;2H,1H3/b21-17-;/t20-,22+,23-,24+,25+,26-,27+,29+,30+,32-,33+,34-;/m0./s1. The van der Waals surface area contributed by atoms with Gasteiger partial charge in [0.15, 0.2) is 12.1 Å². The topological polar surface area (TPSA) is 133 Å². The lowest BCUT2D eigenvalue weighted by Crippen LogP contribution is -2.59. The largest absolute Gasteiger partial charge is 0.459 e. The number of likely N-dealkylation sites (N-methyl/N-ethyl adjacent to an activating group) is 1. The highest BCUT2D eigenvalue weighted by Crippen LogP contribution is 2.39. The lowest BCUT2D eigenvalue weighted by molar-refractivity contribution is -0.299. The molecule has 46 heavy (non-hydrogen) atoms. The van der Waals surface area contributed by atoms with Crippen LogP contribution in [0.3, 0.4) is 0 Å². The second kappa shape index (κ2) is 18.9. The fraction of sp³-hybridized carbons (Fsp3) is 0.886. The molecule has 270 valence electrons. The number of carbonyl (C=O) groups excluding carboxylic acids is 2. The number of ketones is 1. The highest BCUT2D eigenvalue weighted by Gasteiger charge is 2.50. The van der Waals surface area contributed by atoms with E-state index >= 15 is 0 Å². The van der Waals surface area contributed by atoms with Gasteiger partial charge in [0.05, 0.1) is 17.8 Å². The molecule has 2 aliphatic heterocycles. The molecule has 0 radical (unpaired) electrons. The number of nitrogens with zero attached hydrogens (tertiary/aromatic N) is 1. The minimum atomic E-state index is -1.38. The third kappa shape index (κ3) is 10.3. The van der Waals surface area contributed by atoms with Crippen LogP contribution >= 0.6 is 0 Å². The lowest BCUT2D eigenvalue weighted by atomic mass is 9.74. The van der Waals surface area contributed by atoms with Crippen molar-refractivity contribution < 1.29 is 48.2 Å². The van der Waals surface area contributed by atoms with Gasteiger partial charge in [-0.15, -0.1) is 0 Å². The van der Waals surface area contributed by atoms with Crippen molar-refractivity contribution in [3.8, 4) is 0 Å². The fourth-order valence-corrected chi connectivity index (χ4v) is 7.37. The van der Waals surface area contributed by atoms with Crippen molar-refractivity contribution >= 4 is 11.8 Å². The Balaban J connectivity index is 0.00000518. The number of hydrogen-bond donors (Lipinski definition) is 2. The molecule has 11 nitrogen and oxygen atoms in total. The maximum absolute atomic E-state index is 14.1. The van der Waals surface area contributed by atoms with Crippen LogP contribution in [-0.4, -0.2) is 124 Å². The molecule has 0 spiro atoms. The Morgan fingerprint density at radius 3 is 2.17 bits per heavy atom. The Kier molecular flexibility index (Phi) is 17.5. The minimum absolute atomic E-state index is 0.0175. The van der Waals surface area contributed by atoms with E-state index in [1.165, 1.54) is 0 Å². The highest BCUT2D eigenvalue weighted by atomic mass is 16.7. The first kappa shape index (κ1) is 42.6. The summed E-state index contributed by atoms with van der Waals surface area (Å²) in [5.74, 6) is -3.21. The van der Waals surface area contributed by atoms with E-state index in [4.69, 9.17) is 33.5 Å². The normalized spacial score (nSPS) is 41.1. The first-order chi connectivity index (χ1) is 21.5. The van der Waals surface area contributed by atoms with Crippen LogP contribution in [0.15, 0.2) is 11.6 Å². The zero-order valence-electron chi connectivity index (χ0n) is 31.0. The van der Waals surface area contributed by atoms with Gasteiger partial charge in [-0.05, 0) is 80.3 Å². The molecule has 0 amide bonds. The van der Waals surface area contributed by atoms with Crippen LogP contribution in [0.2, 0.25) is 0 Å². The molecule has 1 fully saturated rings. The first-order valence-electron chi connectivity index (χ1n) is 16.6. The van der Waals surface area contributed by atoms with Crippen molar-refractivity contribution in [1.82, 2.24) is 4.90 Å². The van der Waals surface area contributed by atoms with Crippen molar-refractivity contribution in [2.24, 2.45) is 23.7 Å². The van der Waals surface area contributed by atoms with Gasteiger partial charge < -0.3 is 43.5 Å². The minimum Gasteiger partial charge on any atom is -0.459 e. The molecule has 0 unspecified atom stereocenters. The summed E-state index contributed by atoms with van der Waals surface area (Å²) in [6.07, 6.45) is 1.47. The Labute approximate surface area is 278 Å². The van der Waals surface area contributed by atoms with Crippen LogP contribution in [0.5, 0.6) is 0 Å². The molecule has 0 aliphatic carbocycles. The number of hydrogen-bond acceptors (Lipinski definition) is 11. The predicted octanol–water partition coefficient (Wildman–Crippen LogP) is 4.02. The summed E-state index contributed by atoms with van der Waals surface area (Å²) in [6, 6.07) is 0.0354. The lowest BCUT2D eigenvalue weighted by Gasteiger charge is -2.47. The number of allylic oxidation sites excluding steroid dienone is 1. The van der Waals surface area contributed by atoms with Crippen molar-refractivity contribution in [3.05, 3.63) is 11.6 Å². The van der Waals surface area contributed by atoms with E-state index < -0.39 is 53.6 Å². The zero-order valence-corrected chi connectivity index (χ0v) is 31.0. The fourth-order valence-electron chi connectivity index (χ4n) is 7.37. The van der Waals surface area contributed by atoms with Gasteiger partial charge in [-0.1, -0.05) is 32.4 Å². The molecule has 2 aliphatic rings. The Bertz CT molecular complexity index is 971. The molecule has 11 heteroatoms. The second-order valence-corrected chi connectivity index (χ2v) is 13.8. The number of carbonyl (C=O) groups is 2. The quantitative estimate of drug-likeness (QED) is 0.211. The van der Waals surface area contributed by atoms with Crippen LogP contribution < -0.4 is 0 Å². The monoisotopic (exact) mass is 659 g/mol. The van der Waals surface area contributed by atoms with Gasteiger partial charge in [0.25, 0.3) is 0 Å². The van der Waals surface area contributed by atoms with Crippen molar-refractivity contribution in [3.63, 3.8) is 0 Å². The number of methoxy groups -OCH3 is 3. The number of esters is 1. The SMILES string of the molecule is CC[C@H]1OC(=O)[C@H](C)C(=O)[C@H](C)[C@@H](O[C@@H]2O[C@H](C)C[C@H](N(C)C)[C@H]2OC)[C@](C)(OC)C[C@@H](C)/C=C(/C)[C@@H](CCOC)[C@]1(C)O.CO. The number of rotatable bonds is 9. The molecule has 12 atom stereocenters. The number of aliphatic hydroxyl groups is 2. The van der Waals surface area contributed by atoms with Gasteiger partial charge in [0.1, 0.15) is 23.7 Å². The Morgan fingerprint density at radius 1 is 1.07 bits per heavy atom. The average Bonchev–Trinajstić information content (AvgIpc) is 3.01. The molecule has 0 bridgehead atoms. The predicted molar refractivity (Wildman–Crippen MR) is 177 cm³/mol. The molecule has 0 aromatic carbocycles. The maximum atomic E-state index is 14.1. The van der Waals surface area contributed by atoms with E-state index in [-0.39, 0.29) is 29.8 Å². The Hall–Kier alpha value is -1.44. The Morgan fingerprint density at radius 2 is 1.67 bits per heavy atom. The van der Waals surface area contributed by atoms with Crippen LogP contribution in [0, 0.1) is 23.7 Å². The first-order valence-corrected chi connectivity index (χ1v) is 16.6. The van der Waals surface area contributed by atoms with E-state index in [0.717, 1.165) is 19.1 Å². The molecular weight excluding hydrogens is 594 g/mol. The molecule has 2 heterocycles. The highest BCUT2D eigenvalue weighted by molar-refractivity contribution is 6.00. The van der Waals surface area contributed by atoms with Crippen LogP contribution in [-0.2, 0) is 38.0 Å². The molecule has 1 saturated heterocycles. The number of ether oxygens (including phenoxy) is 6. The number of Topliss-reactive ketones (excluding diaryl/α,β-unsaturated/α-hetero) is 1. The summed E-state index contributed by atoms with van der Waals surface area (Å²) in [5, 5.41) is 18.9. The zero-order chi connectivity index (χ0) is 35.6. The number of cyclic esters (lactones) is 1. The summed E-state index contributed by atoms with van der Waals surface area (Å²) in [4.78, 5) is 29.7. The van der Waals surface area contributed by atoms with E-state index in [1.54, 1.807) is 42.1 Å². The molecule has 0 saturated carbocycles. The maximum Gasteiger partial charge on any atom is 0.316 e. The van der Waals surface area contributed by atoms with Gasteiger partial charge in [0.2, 0.25) is 0 Å². The molecule has 2 N–H and O–H groups in total. The third-order valence-electron chi connectivity index (χ3n) is 9.98. The smallest absolute Gasteiger partial charge is 0.316 e. The van der Waals surface area contributed by atoms with E-state index in [1.807, 2.05) is 41.8 Å². The third-order valence-corrected chi connectivity index (χ3v) is 9.98. The summed E-state index contributed by atoms with van der Waals surface area (Å²) in [6.45, 7) is 15.4. The van der Waals surface area contributed by atoms with Crippen LogP contribution in [0.1, 0.15) is 81.1 Å². The summed E-state index contributed by atoms with van der Waals surface area (Å²) < 4.78 is 36.6. The average molecular weight is 660 g/mol. The van der Waals surface area contributed by atoms with Crippen LogP contribution in [0.25, 0.3) is 0 Å². The summed E-state index contributed by atoms with van der Waals surface area (Å²) in [5.41, 5.74) is -1.37. The van der Waals surface area contributed by atoms with Gasteiger partial charge >= 0.3 is 5.97 Å².